The zero-order valence-electron chi connectivity index (χ0n) is 16.3. The average Bonchev–Trinajstić information content (AvgIpc) is 2.70. The minimum atomic E-state index is -1.47. The first kappa shape index (κ1) is 23.7. The molecule has 11 heteroatoms. The molecule has 0 atom stereocenters. The van der Waals surface area contributed by atoms with E-state index in [0.29, 0.717) is 15.8 Å². The lowest BCUT2D eigenvalue weighted by Gasteiger charge is -2.14. The molecule has 0 spiro atoms. The molecule has 0 unspecified atom stereocenters. The van der Waals surface area contributed by atoms with E-state index in [4.69, 9.17) is 14.2 Å². The lowest BCUT2D eigenvalue weighted by molar-refractivity contribution is -0.309. The van der Waals surface area contributed by atoms with Gasteiger partial charge in [-0.15, -0.1) is 0 Å². The lowest BCUT2D eigenvalue weighted by atomic mass is 10.2. The van der Waals surface area contributed by atoms with E-state index >= 15 is 0 Å². The molecular weight excluding hydrogens is 476 g/mol. The topological polar surface area (TPSA) is 149 Å². The van der Waals surface area contributed by atoms with E-state index in [1.807, 2.05) is 19.1 Å². The number of carbonyl (C=O) groups excluding carboxylic acids is 3. The van der Waals surface area contributed by atoms with Crippen molar-refractivity contribution in [1.82, 2.24) is 5.43 Å². The Bertz CT molecular complexity index is 993. The number of carbonyl (C=O) groups is 3. The van der Waals surface area contributed by atoms with Gasteiger partial charge in [-0.2, -0.15) is 5.10 Å². The van der Waals surface area contributed by atoms with Gasteiger partial charge in [-0.3, -0.25) is 4.79 Å². The predicted molar refractivity (Wildman–Crippen MR) is 108 cm³/mol. The molecule has 0 fully saturated rings. The molecule has 0 saturated heterocycles. The number of benzene rings is 2. The molecule has 1 amide bonds. The van der Waals surface area contributed by atoms with Crippen LogP contribution < -0.4 is 29.8 Å². The van der Waals surface area contributed by atoms with Crippen LogP contribution in [0, 0.1) is 6.92 Å². The van der Waals surface area contributed by atoms with Crippen molar-refractivity contribution in [2.45, 2.75) is 6.92 Å². The van der Waals surface area contributed by atoms with E-state index in [1.54, 1.807) is 6.07 Å². The van der Waals surface area contributed by atoms with Crippen molar-refractivity contribution in [2.24, 2.45) is 5.10 Å². The first-order valence-corrected chi connectivity index (χ1v) is 9.54. The summed E-state index contributed by atoms with van der Waals surface area (Å²) in [6.45, 7) is 0.134. The highest BCUT2D eigenvalue weighted by Crippen LogP contribution is 2.28. The maximum atomic E-state index is 11.9. The van der Waals surface area contributed by atoms with E-state index in [-0.39, 0.29) is 18.1 Å². The van der Waals surface area contributed by atoms with Gasteiger partial charge in [0.25, 0.3) is 5.91 Å². The van der Waals surface area contributed by atoms with Crippen molar-refractivity contribution in [3.63, 3.8) is 0 Å². The zero-order valence-corrected chi connectivity index (χ0v) is 17.8. The summed E-state index contributed by atoms with van der Waals surface area (Å²) in [4.78, 5) is 33.0. The second-order valence-electron chi connectivity index (χ2n) is 6.04. The van der Waals surface area contributed by atoms with E-state index in [2.05, 4.69) is 26.5 Å². The molecule has 0 radical (unpaired) electrons. The number of hydrogen-bond acceptors (Lipinski definition) is 9. The van der Waals surface area contributed by atoms with Crippen LogP contribution in [0.25, 0.3) is 0 Å². The lowest BCUT2D eigenvalue weighted by Crippen LogP contribution is -2.30. The van der Waals surface area contributed by atoms with Gasteiger partial charge in [0.15, 0.2) is 18.1 Å². The second-order valence-corrected chi connectivity index (χ2v) is 6.90. The number of rotatable bonds is 11. The minimum absolute atomic E-state index is 0.0105. The summed E-state index contributed by atoms with van der Waals surface area (Å²) in [5.41, 5.74) is 3.73. The second kappa shape index (κ2) is 11.6. The monoisotopic (exact) mass is 492 g/mol. The Balaban J connectivity index is 1.96. The fraction of sp³-hybridized carbons (Fsp3) is 0.200. The van der Waals surface area contributed by atoms with Crippen LogP contribution in [0.2, 0.25) is 0 Å². The molecule has 0 heterocycles. The summed E-state index contributed by atoms with van der Waals surface area (Å²) in [5, 5.41) is 24.9. The fourth-order valence-electron chi connectivity index (χ4n) is 2.19. The molecule has 0 aliphatic rings. The van der Waals surface area contributed by atoms with Crippen LogP contribution in [0.3, 0.4) is 0 Å². The maximum absolute atomic E-state index is 11.9. The van der Waals surface area contributed by atoms with Crippen LogP contribution in [0.15, 0.2) is 46.0 Å². The molecule has 2 rings (SSSR count). The third-order valence-corrected chi connectivity index (χ3v) is 4.13. The zero-order chi connectivity index (χ0) is 22.8. The van der Waals surface area contributed by atoms with E-state index in [0.717, 1.165) is 5.56 Å². The van der Waals surface area contributed by atoms with Crippen LogP contribution in [0.1, 0.15) is 11.1 Å². The Morgan fingerprint density at radius 2 is 1.55 bits per heavy atom. The van der Waals surface area contributed by atoms with Gasteiger partial charge in [-0.25, -0.2) is 5.43 Å². The summed E-state index contributed by atoms with van der Waals surface area (Å²) < 4.78 is 16.1. The highest BCUT2D eigenvalue weighted by Gasteiger charge is 2.08. The van der Waals surface area contributed by atoms with Gasteiger partial charge >= 0.3 is 0 Å². The van der Waals surface area contributed by atoms with Crippen LogP contribution >= 0.6 is 15.9 Å². The fourth-order valence-corrected chi connectivity index (χ4v) is 2.80. The molecule has 0 aliphatic heterocycles. The normalized spacial score (nSPS) is 10.5. The molecule has 10 nitrogen and oxygen atoms in total. The number of nitrogens with zero attached hydrogens (tertiary/aromatic N) is 1. The molecule has 2 aromatic carbocycles. The number of hydrazone groups is 1. The SMILES string of the molecule is Cc1ccc(OCC(=O)N/N=C\c2ccc(OCC(=O)[O-])c(OCC(=O)[O-])c2)c(Br)c1. The first-order valence-electron chi connectivity index (χ1n) is 8.75. The molecule has 0 aliphatic carbocycles. The van der Waals surface area contributed by atoms with Gasteiger partial charge in [0, 0.05) is 0 Å². The van der Waals surface area contributed by atoms with Gasteiger partial charge in [0.2, 0.25) is 0 Å². The number of ether oxygens (including phenoxy) is 3. The molecule has 1 N–H and O–H groups in total. The van der Waals surface area contributed by atoms with Crippen LogP contribution in [-0.2, 0) is 14.4 Å². The predicted octanol–water partition coefficient (Wildman–Crippen LogP) is -0.456. The largest absolute Gasteiger partial charge is 0.546 e. The number of amides is 1. The number of hydrogen-bond donors (Lipinski definition) is 1. The Hall–Kier alpha value is -3.60. The first-order chi connectivity index (χ1) is 14.7. The average molecular weight is 493 g/mol. The van der Waals surface area contributed by atoms with Crippen LogP contribution in [0.5, 0.6) is 17.2 Å². The molecule has 0 aromatic heterocycles. The number of aliphatic carboxylic acids is 2. The highest BCUT2D eigenvalue weighted by molar-refractivity contribution is 9.10. The maximum Gasteiger partial charge on any atom is 0.277 e. The van der Waals surface area contributed by atoms with Crippen molar-refractivity contribution in [3.8, 4) is 17.2 Å². The summed E-state index contributed by atoms with van der Waals surface area (Å²) in [7, 11) is 0. The van der Waals surface area contributed by atoms with Gasteiger partial charge in [0.1, 0.15) is 19.0 Å². The standard InChI is InChI=1S/C20H19BrN2O8/c1-12-2-4-15(14(21)6-12)29-9-18(24)23-22-8-13-3-5-16(30-10-19(25)26)17(7-13)31-11-20(27)28/h2-8H,9-11H2,1H3,(H,23,24)(H,25,26)(H,27,28)/p-2/b22-8-. The molecule has 2 aromatic rings. The van der Waals surface area contributed by atoms with Crippen molar-refractivity contribution >= 4 is 40.0 Å². The van der Waals surface area contributed by atoms with E-state index < -0.39 is 31.1 Å². The highest BCUT2D eigenvalue weighted by atomic mass is 79.9. The Kier molecular flexibility index (Phi) is 8.82. The number of nitrogens with one attached hydrogen (secondary N) is 1. The molecule has 31 heavy (non-hydrogen) atoms. The van der Waals surface area contributed by atoms with E-state index in [9.17, 15) is 24.6 Å². The van der Waals surface area contributed by atoms with Gasteiger partial charge in [0.05, 0.1) is 22.6 Å². The third kappa shape index (κ3) is 8.34. The Morgan fingerprint density at radius 1 is 0.935 bits per heavy atom. The van der Waals surface area contributed by atoms with Crippen molar-refractivity contribution < 1.29 is 38.8 Å². The molecule has 164 valence electrons. The smallest absolute Gasteiger partial charge is 0.277 e. The number of carboxylic acids is 2. The molecule has 0 saturated carbocycles. The molecule has 0 bridgehead atoms. The number of carboxylic acid groups (broad SMARTS) is 2. The summed E-state index contributed by atoms with van der Waals surface area (Å²) in [6, 6.07) is 9.63. The number of halogens is 1. The van der Waals surface area contributed by atoms with Crippen molar-refractivity contribution in [3.05, 3.63) is 52.0 Å². The Morgan fingerprint density at radius 3 is 2.19 bits per heavy atom. The van der Waals surface area contributed by atoms with Gasteiger partial charge in [-0.1, -0.05) is 6.07 Å². The summed E-state index contributed by atoms with van der Waals surface area (Å²) >= 11 is 3.35. The molecular formula is C20H17BrN2O8-2. The van der Waals surface area contributed by atoms with Crippen LogP contribution in [0.4, 0.5) is 0 Å². The van der Waals surface area contributed by atoms with Crippen molar-refractivity contribution in [1.29, 1.82) is 0 Å². The summed E-state index contributed by atoms with van der Waals surface area (Å²) in [6.07, 6.45) is 1.27. The van der Waals surface area contributed by atoms with E-state index in [1.165, 1.54) is 24.4 Å². The van der Waals surface area contributed by atoms with Crippen LogP contribution in [-0.4, -0.2) is 43.9 Å². The van der Waals surface area contributed by atoms with Crippen molar-refractivity contribution in [2.75, 3.05) is 19.8 Å². The third-order valence-electron chi connectivity index (χ3n) is 3.51. The van der Waals surface area contributed by atoms with Gasteiger partial charge in [-0.05, 0) is 64.3 Å². The number of aryl methyl sites for hydroxylation is 1. The quantitative estimate of drug-likeness (QED) is 0.327. The van der Waals surface area contributed by atoms with Gasteiger partial charge < -0.3 is 34.0 Å². The minimum Gasteiger partial charge on any atom is -0.546 e. The summed E-state index contributed by atoms with van der Waals surface area (Å²) in [5.74, 6) is -2.99. The Labute approximate surface area is 185 Å².